The lowest BCUT2D eigenvalue weighted by Crippen LogP contribution is -2.41. The van der Waals surface area contributed by atoms with Gasteiger partial charge in [0.2, 0.25) is 5.91 Å². The molecule has 1 aromatic rings. The molecule has 2 aliphatic heterocycles. The Morgan fingerprint density at radius 3 is 2.42 bits per heavy atom. The van der Waals surface area contributed by atoms with Crippen molar-refractivity contribution in [3.8, 4) is 0 Å². The van der Waals surface area contributed by atoms with Crippen molar-refractivity contribution in [2.75, 3.05) is 11.4 Å². The smallest absolute Gasteiger partial charge is 0.481 e. The number of hydrogen-bond acceptors (Lipinski definition) is 4. The molecule has 0 aromatic heterocycles. The molecule has 2 fully saturated rings. The van der Waals surface area contributed by atoms with Crippen LogP contribution in [0.2, 0.25) is 0 Å². The van der Waals surface area contributed by atoms with Crippen LogP contribution in [0.25, 0.3) is 0 Å². The molecule has 0 radical (unpaired) electrons. The number of benzene rings is 1. The number of hydrogen-bond donors (Lipinski definition) is 1. The minimum atomic E-state index is -0.937. The second-order valence-corrected chi connectivity index (χ2v) is 7.43. The Morgan fingerprint density at radius 1 is 1.25 bits per heavy atom. The molecule has 0 bridgehead atoms. The van der Waals surface area contributed by atoms with E-state index in [0.717, 1.165) is 5.46 Å². The third-order valence-corrected chi connectivity index (χ3v) is 5.18. The number of amides is 1. The van der Waals surface area contributed by atoms with E-state index >= 15 is 0 Å². The molecule has 3 rings (SSSR count). The van der Waals surface area contributed by atoms with E-state index < -0.39 is 30.2 Å². The van der Waals surface area contributed by atoms with Crippen molar-refractivity contribution in [3.63, 3.8) is 0 Å². The molecule has 0 spiro atoms. The van der Waals surface area contributed by atoms with Gasteiger partial charge in [-0.1, -0.05) is 12.1 Å². The molecule has 1 amide bonds. The van der Waals surface area contributed by atoms with Crippen LogP contribution in [-0.4, -0.2) is 41.8 Å². The molecular weight excluding hydrogens is 309 g/mol. The molecule has 0 aliphatic carbocycles. The molecule has 24 heavy (non-hydrogen) atoms. The molecule has 2 saturated heterocycles. The summed E-state index contributed by atoms with van der Waals surface area (Å²) in [5.74, 6) is -1.76. The van der Waals surface area contributed by atoms with Crippen molar-refractivity contribution >= 4 is 30.1 Å². The predicted octanol–water partition coefficient (Wildman–Crippen LogP) is 1.42. The molecular formula is C17H22BNO5. The van der Waals surface area contributed by atoms with Gasteiger partial charge in [0.05, 0.1) is 17.1 Å². The summed E-state index contributed by atoms with van der Waals surface area (Å²) in [6.07, 6.45) is 0.0377. The summed E-state index contributed by atoms with van der Waals surface area (Å²) in [6, 6.07) is 7.36. The third-order valence-electron chi connectivity index (χ3n) is 5.18. The maximum absolute atomic E-state index is 12.1. The van der Waals surface area contributed by atoms with Crippen molar-refractivity contribution in [2.24, 2.45) is 5.92 Å². The van der Waals surface area contributed by atoms with Gasteiger partial charge in [0.1, 0.15) is 0 Å². The van der Waals surface area contributed by atoms with Gasteiger partial charge in [-0.15, -0.1) is 0 Å². The van der Waals surface area contributed by atoms with Gasteiger partial charge in [-0.25, -0.2) is 0 Å². The van der Waals surface area contributed by atoms with Gasteiger partial charge in [-0.05, 0) is 45.3 Å². The van der Waals surface area contributed by atoms with Crippen LogP contribution in [0, 0.1) is 5.92 Å². The summed E-state index contributed by atoms with van der Waals surface area (Å²) >= 11 is 0. The van der Waals surface area contributed by atoms with Crippen LogP contribution in [-0.2, 0) is 18.9 Å². The summed E-state index contributed by atoms with van der Waals surface area (Å²) in [5.41, 5.74) is 0.616. The number of carboxylic acids is 1. The first kappa shape index (κ1) is 17.0. The predicted molar refractivity (Wildman–Crippen MR) is 90.3 cm³/mol. The summed E-state index contributed by atoms with van der Waals surface area (Å²) in [4.78, 5) is 24.8. The van der Waals surface area contributed by atoms with Gasteiger partial charge in [0, 0.05) is 18.7 Å². The normalized spacial score (nSPS) is 25.3. The van der Waals surface area contributed by atoms with Crippen molar-refractivity contribution in [1.82, 2.24) is 0 Å². The van der Waals surface area contributed by atoms with Crippen LogP contribution in [0.3, 0.4) is 0 Å². The van der Waals surface area contributed by atoms with Crippen molar-refractivity contribution in [1.29, 1.82) is 0 Å². The lowest BCUT2D eigenvalue weighted by molar-refractivity contribution is -0.141. The van der Waals surface area contributed by atoms with Crippen LogP contribution < -0.4 is 10.4 Å². The van der Waals surface area contributed by atoms with Crippen LogP contribution in [0.5, 0.6) is 0 Å². The van der Waals surface area contributed by atoms with E-state index in [1.807, 2.05) is 45.9 Å². The first-order chi connectivity index (χ1) is 11.1. The fourth-order valence-electron chi connectivity index (χ4n) is 2.94. The molecule has 1 aromatic carbocycles. The fraction of sp³-hybridized carbons (Fsp3) is 0.529. The van der Waals surface area contributed by atoms with Gasteiger partial charge in [-0.2, -0.15) is 0 Å². The Balaban J connectivity index is 1.84. The minimum Gasteiger partial charge on any atom is -0.481 e. The van der Waals surface area contributed by atoms with E-state index in [2.05, 4.69) is 0 Å². The Kier molecular flexibility index (Phi) is 3.96. The zero-order valence-electron chi connectivity index (χ0n) is 14.4. The van der Waals surface area contributed by atoms with Gasteiger partial charge < -0.3 is 19.3 Å². The first-order valence-electron chi connectivity index (χ1n) is 8.09. The van der Waals surface area contributed by atoms with Gasteiger partial charge >= 0.3 is 13.1 Å². The number of carbonyl (C=O) groups is 2. The fourth-order valence-corrected chi connectivity index (χ4v) is 2.94. The molecule has 2 aliphatic rings. The summed E-state index contributed by atoms with van der Waals surface area (Å²) < 4.78 is 12.1. The van der Waals surface area contributed by atoms with Gasteiger partial charge in [-0.3, -0.25) is 9.59 Å². The van der Waals surface area contributed by atoms with Crippen molar-refractivity contribution in [3.05, 3.63) is 24.3 Å². The quantitative estimate of drug-likeness (QED) is 0.848. The molecule has 6 nitrogen and oxygen atoms in total. The molecule has 2 heterocycles. The Bertz CT molecular complexity index is 671. The highest BCUT2D eigenvalue weighted by Crippen LogP contribution is 2.36. The zero-order chi connectivity index (χ0) is 17.7. The highest BCUT2D eigenvalue weighted by Gasteiger charge is 2.51. The summed E-state index contributed by atoms with van der Waals surface area (Å²) in [7, 11) is -0.511. The highest BCUT2D eigenvalue weighted by molar-refractivity contribution is 6.62. The lowest BCUT2D eigenvalue weighted by Gasteiger charge is -2.32. The average molecular weight is 331 g/mol. The summed E-state index contributed by atoms with van der Waals surface area (Å²) in [5, 5.41) is 9.12. The van der Waals surface area contributed by atoms with Gasteiger partial charge in [0.25, 0.3) is 0 Å². The second-order valence-electron chi connectivity index (χ2n) is 7.43. The monoisotopic (exact) mass is 331 g/mol. The standard InChI is InChI=1S/C17H22BNO5/c1-16(2)17(3,4)24-18(23-16)12-6-5-7-13(9-12)19-10-11(15(21)22)8-14(19)20/h5-7,9,11H,8,10H2,1-4H3,(H,21,22). The number of nitrogens with zero attached hydrogens (tertiary/aromatic N) is 1. The van der Waals surface area contributed by atoms with E-state index in [0.29, 0.717) is 5.69 Å². The Morgan fingerprint density at radius 2 is 1.88 bits per heavy atom. The van der Waals surface area contributed by atoms with Crippen LogP contribution in [0.4, 0.5) is 5.69 Å². The maximum atomic E-state index is 12.1. The summed E-state index contributed by atoms with van der Waals surface area (Å²) in [6.45, 7) is 8.13. The topological polar surface area (TPSA) is 76.1 Å². The molecule has 1 unspecified atom stereocenters. The van der Waals surface area contributed by atoms with Crippen LogP contribution in [0.15, 0.2) is 24.3 Å². The number of anilines is 1. The van der Waals surface area contributed by atoms with Gasteiger partial charge in [0.15, 0.2) is 0 Å². The lowest BCUT2D eigenvalue weighted by atomic mass is 9.79. The van der Waals surface area contributed by atoms with E-state index in [-0.39, 0.29) is 18.9 Å². The SMILES string of the molecule is CC1(C)OB(c2cccc(N3CC(C(=O)O)CC3=O)c2)OC1(C)C. The van der Waals surface area contributed by atoms with Crippen LogP contribution >= 0.6 is 0 Å². The molecule has 0 saturated carbocycles. The number of carbonyl (C=O) groups excluding carboxylic acids is 1. The number of rotatable bonds is 3. The second kappa shape index (κ2) is 5.60. The zero-order valence-corrected chi connectivity index (χ0v) is 14.4. The Labute approximate surface area is 141 Å². The average Bonchev–Trinajstić information content (AvgIpc) is 2.97. The van der Waals surface area contributed by atoms with E-state index in [1.54, 1.807) is 6.07 Å². The van der Waals surface area contributed by atoms with Crippen molar-refractivity contribution < 1.29 is 24.0 Å². The van der Waals surface area contributed by atoms with E-state index in [1.165, 1.54) is 4.90 Å². The number of aliphatic carboxylic acids is 1. The van der Waals surface area contributed by atoms with Crippen molar-refractivity contribution in [2.45, 2.75) is 45.3 Å². The molecule has 7 heteroatoms. The largest absolute Gasteiger partial charge is 0.494 e. The molecule has 1 N–H and O–H groups in total. The maximum Gasteiger partial charge on any atom is 0.494 e. The molecule has 1 atom stereocenters. The first-order valence-corrected chi connectivity index (χ1v) is 8.09. The number of carboxylic acid groups (broad SMARTS) is 1. The van der Waals surface area contributed by atoms with E-state index in [9.17, 15) is 9.59 Å². The highest BCUT2D eigenvalue weighted by atomic mass is 16.7. The molecule has 128 valence electrons. The third kappa shape index (κ3) is 2.82. The van der Waals surface area contributed by atoms with E-state index in [4.69, 9.17) is 14.4 Å². The minimum absolute atomic E-state index is 0.0377. The van der Waals surface area contributed by atoms with Crippen LogP contribution in [0.1, 0.15) is 34.1 Å². The Hall–Kier alpha value is -1.86.